The lowest BCUT2D eigenvalue weighted by atomic mass is 10.1. The number of rotatable bonds is 11. The maximum atomic E-state index is 5.51. The van der Waals surface area contributed by atoms with Gasteiger partial charge in [0.25, 0.3) is 0 Å². The van der Waals surface area contributed by atoms with Gasteiger partial charge in [-0.1, -0.05) is 6.92 Å². The lowest BCUT2D eigenvalue weighted by molar-refractivity contribution is 0.189. The van der Waals surface area contributed by atoms with Gasteiger partial charge in [-0.2, -0.15) is 0 Å². The van der Waals surface area contributed by atoms with Gasteiger partial charge in [-0.15, -0.1) is 0 Å². The van der Waals surface area contributed by atoms with Crippen LogP contribution in [0.1, 0.15) is 12.8 Å². The Morgan fingerprint density at radius 3 is 1.44 bits per heavy atom. The molecule has 0 aliphatic rings. The van der Waals surface area contributed by atoms with E-state index in [0.717, 1.165) is 32.5 Å². The third-order valence-corrected chi connectivity index (χ3v) is 2.27. The van der Waals surface area contributed by atoms with Gasteiger partial charge in [0.15, 0.2) is 0 Å². The van der Waals surface area contributed by atoms with Crippen molar-refractivity contribution in [3.05, 3.63) is 6.92 Å². The average molecular weight is 231 g/mol. The van der Waals surface area contributed by atoms with Gasteiger partial charge in [0.1, 0.15) is 5.79 Å². The van der Waals surface area contributed by atoms with Crippen molar-refractivity contribution in [3.63, 3.8) is 0 Å². The minimum atomic E-state index is -0.347. The summed E-state index contributed by atoms with van der Waals surface area (Å²) in [6, 6.07) is 0. The predicted molar refractivity (Wildman–Crippen MR) is 68.5 cm³/mol. The normalized spacial score (nSPS) is 12.0. The van der Waals surface area contributed by atoms with Crippen LogP contribution in [0.15, 0.2) is 0 Å². The van der Waals surface area contributed by atoms with E-state index >= 15 is 0 Å². The van der Waals surface area contributed by atoms with E-state index in [0.29, 0.717) is 19.6 Å². The summed E-state index contributed by atoms with van der Waals surface area (Å²) in [6.07, 6.45) is 1.67. The van der Waals surface area contributed by atoms with E-state index in [1.165, 1.54) is 0 Å². The summed E-state index contributed by atoms with van der Waals surface area (Å²) in [6.45, 7) is 7.85. The Bertz CT molecular complexity index is 130. The molecule has 0 aromatic carbocycles. The van der Waals surface area contributed by atoms with Gasteiger partial charge in [-0.3, -0.25) is 16.0 Å². The molecule has 1 radical (unpaired) electrons. The van der Waals surface area contributed by atoms with Gasteiger partial charge >= 0.3 is 0 Å². The summed E-state index contributed by atoms with van der Waals surface area (Å²) in [7, 11) is 0. The monoisotopic (exact) mass is 231 g/mol. The fourth-order valence-electron chi connectivity index (χ4n) is 1.57. The van der Waals surface area contributed by atoms with Gasteiger partial charge in [0.05, 0.1) is 0 Å². The molecule has 0 rings (SSSR count). The van der Waals surface area contributed by atoms with Crippen molar-refractivity contribution in [2.75, 3.05) is 39.3 Å². The van der Waals surface area contributed by atoms with Crippen LogP contribution in [0, 0.1) is 6.92 Å². The van der Waals surface area contributed by atoms with Crippen molar-refractivity contribution < 1.29 is 0 Å². The van der Waals surface area contributed by atoms with Crippen LogP contribution in [-0.2, 0) is 0 Å². The van der Waals surface area contributed by atoms with Gasteiger partial charge in [-0.05, 0) is 12.8 Å². The summed E-state index contributed by atoms with van der Waals surface area (Å²) in [5.74, 6) is -0.347. The minimum absolute atomic E-state index is 0.347. The van der Waals surface area contributed by atoms with Gasteiger partial charge < -0.3 is 17.2 Å². The molecule has 0 bridgehead atoms. The molecule has 0 amide bonds. The Kier molecular flexibility index (Phi) is 9.80. The number of nitrogens with one attached hydrogen (secondary N) is 3. The number of hydrogen-bond acceptors (Lipinski definition) is 6. The Morgan fingerprint density at radius 1 is 0.812 bits per heavy atom. The van der Waals surface area contributed by atoms with Crippen molar-refractivity contribution in [1.82, 2.24) is 16.0 Å². The highest BCUT2D eigenvalue weighted by Gasteiger charge is 2.25. The molecular weight excluding hydrogens is 204 g/mol. The molecule has 16 heavy (non-hydrogen) atoms. The topological polar surface area (TPSA) is 114 Å². The maximum absolute atomic E-state index is 5.51. The first kappa shape index (κ1) is 15.8. The Labute approximate surface area is 98.7 Å². The van der Waals surface area contributed by atoms with Gasteiger partial charge in [0.2, 0.25) is 0 Å². The van der Waals surface area contributed by atoms with Crippen molar-refractivity contribution in [2.24, 2.45) is 17.2 Å². The smallest absolute Gasteiger partial charge is 0.123 e. The molecule has 0 aromatic heterocycles. The van der Waals surface area contributed by atoms with E-state index in [9.17, 15) is 0 Å². The van der Waals surface area contributed by atoms with Crippen LogP contribution in [-0.4, -0.2) is 45.1 Å². The molecule has 0 unspecified atom stereocenters. The van der Waals surface area contributed by atoms with E-state index in [4.69, 9.17) is 17.2 Å². The van der Waals surface area contributed by atoms with Crippen LogP contribution >= 0.6 is 0 Å². The molecule has 0 saturated carbocycles. The second-order valence-corrected chi connectivity index (χ2v) is 3.66. The SMILES string of the molecule is [CH2]CCC(NCCN)(NCCN)NCCN. The first-order valence-electron chi connectivity index (χ1n) is 5.89. The summed E-state index contributed by atoms with van der Waals surface area (Å²) in [4.78, 5) is 0. The Hall–Kier alpha value is -0.240. The summed E-state index contributed by atoms with van der Waals surface area (Å²) < 4.78 is 0. The Balaban J connectivity index is 4.32. The number of hydrogen-bond donors (Lipinski definition) is 6. The molecule has 0 saturated heterocycles. The third kappa shape index (κ3) is 6.37. The van der Waals surface area contributed by atoms with Crippen LogP contribution in [0.2, 0.25) is 0 Å². The van der Waals surface area contributed by atoms with E-state index in [1.807, 2.05) is 0 Å². The molecule has 0 aliphatic carbocycles. The second kappa shape index (κ2) is 9.95. The average Bonchev–Trinajstić information content (AvgIpc) is 2.31. The summed E-state index contributed by atoms with van der Waals surface area (Å²) >= 11 is 0. The minimum Gasteiger partial charge on any atom is -0.329 e. The maximum Gasteiger partial charge on any atom is 0.123 e. The molecule has 0 spiro atoms. The zero-order valence-corrected chi connectivity index (χ0v) is 10.1. The van der Waals surface area contributed by atoms with Crippen LogP contribution in [0.3, 0.4) is 0 Å². The van der Waals surface area contributed by atoms with Crippen molar-refractivity contribution in [2.45, 2.75) is 18.6 Å². The second-order valence-electron chi connectivity index (χ2n) is 3.66. The molecule has 0 atom stereocenters. The third-order valence-electron chi connectivity index (χ3n) is 2.27. The van der Waals surface area contributed by atoms with E-state index in [2.05, 4.69) is 22.9 Å². The van der Waals surface area contributed by atoms with Crippen LogP contribution in [0.5, 0.6) is 0 Å². The standard InChI is InChI=1S/C10H27N6/c1-2-3-10(14-7-4-11,15-8-5-12)16-9-6-13/h14-16H,1-9,11-13H2. The van der Waals surface area contributed by atoms with Crippen molar-refractivity contribution in [3.8, 4) is 0 Å². The first-order chi connectivity index (χ1) is 7.74. The first-order valence-corrected chi connectivity index (χ1v) is 5.89. The highest BCUT2D eigenvalue weighted by atomic mass is 15.4. The summed E-state index contributed by atoms with van der Waals surface area (Å²) in [5, 5.41) is 10.1. The molecule has 97 valence electrons. The van der Waals surface area contributed by atoms with Crippen LogP contribution in [0.4, 0.5) is 0 Å². The molecule has 0 aromatic rings. The molecule has 0 aliphatic heterocycles. The Morgan fingerprint density at radius 2 is 1.19 bits per heavy atom. The van der Waals surface area contributed by atoms with Crippen molar-refractivity contribution in [1.29, 1.82) is 0 Å². The fraction of sp³-hybridized carbons (Fsp3) is 0.900. The van der Waals surface area contributed by atoms with Gasteiger partial charge in [-0.25, -0.2) is 0 Å². The molecule has 6 heteroatoms. The van der Waals surface area contributed by atoms with Crippen molar-refractivity contribution >= 4 is 0 Å². The fourth-order valence-corrected chi connectivity index (χ4v) is 1.57. The molecule has 0 fully saturated rings. The highest BCUT2D eigenvalue weighted by Crippen LogP contribution is 2.04. The highest BCUT2D eigenvalue weighted by molar-refractivity contribution is 4.83. The molecule has 6 nitrogen and oxygen atoms in total. The largest absolute Gasteiger partial charge is 0.329 e. The van der Waals surface area contributed by atoms with Gasteiger partial charge in [0, 0.05) is 39.3 Å². The van der Waals surface area contributed by atoms with Crippen LogP contribution < -0.4 is 33.2 Å². The lowest BCUT2D eigenvalue weighted by Gasteiger charge is -2.37. The molecule has 0 heterocycles. The lowest BCUT2D eigenvalue weighted by Crippen LogP contribution is -2.68. The molecular formula is C10H27N6. The zero-order chi connectivity index (χ0) is 12.3. The van der Waals surface area contributed by atoms with E-state index in [-0.39, 0.29) is 5.79 Å². The zero-order valence-electron chi connectivity index (χ0n) is 10.1. The number of nitrogens with two attached hydrogens (primary N) is 3. The predicted octanol–water partition coefficient (Wildman–Crippen LogP) is -2.10. The van der Waals surface area contributed by atoms with E-state index in [1.54, 1.807) is 0 Å². The van der Waals surface area contributed by atoms with Crippen LogP contribution in [0.25, 0.3) is 0 Å². The molecule has 9 N–H and O–H groups in total. The summed E-state index contributed by atoms with van der Waals surface area (Å²) in [5.41, 5.74) is 16.5. The quantitative estimate of drug-likeness (QED) is 0.227. The van der Waals surface area contributed by atoms with E-state index < -0.39 is 0 Å².